The number of para-hydroxylation sites is 1. The molecular weight excluding hydrogens is 310 g/mol. The monoisotopic (exact) mass is 331 g/mol. The van der Waals surface area contributed by atoms with Gasteiger partial charge in [-0.1, -0.05) is 36.5 Å². The van der Waals surface area contributed by atoms with E-state index in [0.717, 1.165) is 19.5 Å². The lowest BCUT2D eigenvalue weighted by atomic mass is 10.1. The van der Waals surface area contributed by atoms with Crippen molar-refractivity contribution in [1.29, 1.82) is 0 Å². The Balaban J connectivity index is 1.75. The molecule has 0 radical (unpaired) electrons. The first-order valence-corrected chi connectivity index (χ1v) is 8.64. The van der Waals surface area contributed by atoms with Crippen LogP contribution in [0.1, 0.15) is 18.9 Å². The van der Waals surface area contributed by atoms with Crippen LogP contribution in [0.15, 0.2) is 29.8 Å². The average Bonchev–Trinajstić information content (AvgIpc) is 3.00. The molecule has 1 N–H and O–H groups in total. The highest BCUT2D eigenvalue weighted by molar-refractivity contribution is 7.13. The number of aromatic nitrogens is 2. The van der Waals surface area contributed by atoms with Crippen LogP contribution < -0.4 is 10.2 Å². The van der Waals surface area contributed by atoms with Crippen LogP contribution in [-0.2, 0) is 11.3 Å². The second kappa shape index (κ2) is 7.06. The molecule has 23 heavy (non-hydrogen) atoms. The molecule has 3 rings (SSSR count). The smallest absolute Gasteiger partial charge is 0.240 e. The van der Waals surface area contributed by atoms with Gasteiger partial charge in [-0.25, -0.2) is 0 Å². The molecule has 0 saturated heterocycles. The number of benzene rings is 1. The van der Waals surface area contributed by atoms with Crippen molar-refractivity contribution in [3.05, 3.63) is 35.3 Å². The zero-order valence-corrected chi connectivity index (χ0v) is 14.2. The number of fused-ring (bicyclic) bond motifs is 1. The molecule has 2 aromatic rings. The first-order valence-electron chi connectivity index (χ1n) is 7.76. The molecule has 122 valence electrons. The average molecular weight is 331 g/mol. The fourth-order valence-electron chi connectivity index (χ4n) is 3.04. The zero-order valence-electron chi connectivity index (χ0n) is 13.4. The van der Waals surface area contributed by atoms with Crippen LogP contribution in [0.4, 0.5) is 10.8 Å². The van der Waals surface area contributed by atoms with Crippen LogP contribution in [0, 0.1) is 0 Å². The molecule has 1 aliphatic rings. The minimum Gasteiger partial charge on any atom is -0.373 e. The Hall–Kier alpha value is -1.99. The van der Waals surface area contributed by atoms with Gasteiger partial charge in [0.25, 0.3) is 0 Å². The quantitative estimate of drug-likeness (QED) is 0.931. The van der Waals surface area contributed by atoms with Gasteiger partial charge in [0, 0.05) is 31.9 Å². The Labute approximate surface area is 140 Å². The van der Waals surface area contributed by atoms with Crippen LogP contribution in [0.25, 0.3) is 0 Å². The van der Waals surface area contributed by atoms with Crippen LogP contribution >= 0.6 is 11.3 Å². The van der Waals surface area contributed by atoms with E-state index < -0.39 is 0 Å². The molecule has 6 nitrogen and oxygen atoms in total. The molecule has 0 saturated carbocycles. The Morgan fingerprint density at radius 3 is 3.00 bits per heavy atom. The van der Waals surface area contributed by atoms with Crippen molar-refractivity contribution >= 4 is 28.1 Å². The fraction of sp³-hybridized carbons (Fsp3) is 0.438. The normalized spacial score (nSPS) is 18.3. The number of nitrogens with one attached hydrogen (secondary N) is 1. The molecule has 1 aliphatic heterocycles. The SMILES string of the molecule is CCC1CN(C)c2ccccc2CN1CC(=O)Nc1nncs1. The molecule has 1 atom stereocenters. The molecule has 0 spiro atoms. The third kappa shape index (κ3) is 3.68. The second-order valence-electron chi connectivity index (χ2n) is 5.77. The van der Waals surface area contributed by atoms with Gasteiger partial charge in [-0.05, 0) is 18.1 Å². The Kier molecular flexibility index (Phi) is 4.88. The maximum atomic E-state index is 12.3. The molecule has 1 unspecified atom stereocenters. The van der Waals surface area contributed by atoms with E-state index in [0.29, 0.717) is 17.7 Å². The summed E-state index contributed by atoms with van der Waals surface area (Å²) in [7, 11) is 2.12. The summed E-state index contributed by atoms with van der Waals surface area (Å²) in [6.07, 6.45) is 1.00. The number of carbonyl (C=O) groups is 1. The van der Waals surface area contributed by atoms with Crippen molar-refractivity contribution in [3.63, 3.8) is 0 Å². The maximum absolute atomic E-state index is 12.3. The van der Waals surface area contributed by atoms with Crippen molar-refractivity contribution in [2.24, 2.45) is 0 Å². The molecule has 0 fully saturated rings. The molecule has 7 heteroatoms. The Morgan fingerprint density at radius 2 is 2.26 bits per heavy atom. The van der Waals surface area contributed by atoms with E-state index in [-0.39, 0.29) is 5.91 Å². The highest BCUT2D eigenvalue weighted by Gasteiger charge is 2.26. The number of anilines is 2. The van der Waals surface area contributed by atoms with Crippen molar-refractivity contribution in [2.45, 2.75) is 25.9 Å². The van der Waals surface area contributed by atoms with Gasteiger partial charge in [0.1, 0.15) is 5.51 Å². The molecule has 1 amide bonds. The first-order chi connectivity index (χ1) is 11.2. The molecule has 1 aromatic heterocycles. The van der Waals surface area contributed by atoms with Gasteiger partial charge in [0.15, 0.2) is 0 Å². The van der Waals surface area contributed by atoms with Gasteiger partial charge in [-0.2, -0.15) is 0 Å². The van der Waals surface area contributed by atoms with Gasteiger partial charge in [-0.3, -0.25) is 15.0 Å². The van der Waals surface area contributed by atoms with E-state index in [4.69, 9.17) is 0 Å². The second-order valence-corrected chi connectivity index (χ2v) is 6.60. The summed E-state index contributed by atoms with van der Waals surface area (Å²) in [5.74, 6) is -0.0396. The summed E-state index contributed by atoms with van der Waals surface area (Å²) < 4.78 is 0. The lowest BCUT2D eigenvalue weighted by Crippen LogP contribution is -2.43. The maximum Gasteiger partial charge on any atom is 0.240 e. The van der Waals surface area contributed by atoms with E-state index >= 15 is 0 Å². The van der Waals surface area contributed by atoms with Crippen molar-refractivity contribution in [1.82, 2.24) is 15.1 Å². The molecule has 0 bridgehead atoms. The zero-order chi connectivity index (χ0) is 16.2. The topological polar surface area (TPSA) is 61.4 Å². The molecule has 0 aliphatic carbocycles. The van der Waals surface area contributed by atoms with E-state index in [2.05, 4.69) is 63.6 Å². The molecular formula is C16H21N5OS. The van der Waals surface area contributed by atoms with Crippen LogP contribution in [0.3, 0.4) is 0 Å². The van der Waals surface area contributed by atoms with Crippen molar-refractivity contribution in [3.8, 4) is 0 Å². The van der Waals surface area contributed by atoms with Crippen molar-refractivity contribution < 1.29 is 4.79 Å². The standard InChI is InChI=1S/C16H21N5OS/c1-3-13-9-20(2)14-7-5-4-6-12(14)8-21(13)10-15(22)18-16-19-17-11-23-16/h4-7,11,13H,3,8-10H2,1-2H3,(H,18,19,22). The Morgan fingerprint density at radius 1 is 1.43 bits per heavy atom. The predicted octanol–water partition coefficient (Wildman–Crippen LogP) is 2.21. The number of amides is 1. The summed E-state index contributed by atoms with van der Waals surface area (Å²) >= 11 is 1.33. The van der Waals surface area contributed by atoms with Gasteiger partial charge in [-0.15, -0.1) is 10.2 Å². The molecule has 2 heterocycles. The summed E-state index contributed by atoms with van der Waals surface area (Å²) in [5.41, 5.74) is 4.12. The highest BCUT2D eigenvalue weighted by atomic mass is 32.1. The summed E-state index contributed by atoms with van der Waals surface area (Å²) in [6.45, 7) is 4.23. The largest absolute Gasteiger partial charge is 0.373 e. The number of nitrogens with zero attached hydrogens (tertiary/aromatic N) is 4. The van der Waals surface area contributed by atoms with Gasteiger partial charge in [0.2, 0.25) is 11.0 Å². The third-order valence-corrected chi connectivity index (χ3v) is 4.81. The van der Waals surface area contributed by atoms with Crippen LogP contribution in [0.2, 0.25) is 0 Å². The van der Waals surface area contributed by atoms with E-state index in [1.807, 2.05) is 0 Å². The minimum atomic E-state index is -0.0396. The number of hydrogen-bond acceptors (Lipinski definition) is 6. The summed E-state index contributed by atoms with van der Waals surface area (Å²) in [4.78, 5) is 16.9. The van der Waals surface area contributed by atoms with E-state index in [9.17, 15) is 4.79 Å². The first kappa shape index (κ1) is 15.9. The third-order valence-electron chi connectivity index (χ3n) is 4.20. The minimum absolute atomic E-state index is 0.0396. The summed E-state index contributed by atoms with van der Waals surface area (Å²) in [6, 6.07) is 8.74. The molecule has 1 aromatic carbocycles. The summed E-state index contributed by atoms with van der Waals surface area (Å²) in [5, 5.41) is 11.0. The van der Waals surface area contributed by atoms with Gasteiger partial charge < -0.3 is 4.90 Å². The number of rotatable bonds is 4. The van der Waals surface area contributed by atoms with Gasteiger partial charge in [0.05, 0.1) is 6.54 Å². The van der Waals surface area contributed by atoms with E-state index in [1.165, 1.54) is 22.6 Å². The van der Waals surface area contributed by atoms with E-state index in [1.54, 1.807) is 5.51 Å². The number of likely N-dealkylation sites (N-methyl/N-ethyl adjacent to an activating group) is 1. The predicted molar refractivity (Wildman–Crippen MR) is 92.7 cm³/mol. The van der Waals surface area contributed by atoms with Crippen LogP contribution in [-0.4, -0.2) is 47.2 Å². The highest BCUT2D eigenvalue weighted by Crippen LogP contribution is 2.26. The van der Waals surface area contributed by atoms with Crippen LogP contribution in [0.5, 0.6) is 0 Å². The number of carbonyl (C=O) groups excluding carboxylic acids is 1. The Bertz CT molecular complexity index is 660. The fourth-order valence-corrected chi connectivity index (χ4v) is 3.50. The van der Waals surface area contributed by atoms with Gasteiger partial charge >= 0.3 is 0 Å². The lowest BCUT2D eigenvalue weighted by Gasteiger charge is -2.29. The number of hydrogen-bond donors (Lipinski definition) is 1. The van der Waals surface area contributed by atoms with Crippen molar-refractivity contribution in [2.75, 3.05) is 30.4 Å². The lowest BCUT2D eigenvalue weighted by molar-refractivity contribution is -0.118.